The van der Waals surface area contributed by atoms with E-state index in [9.17, 15) is 4.39 Å². The highest BCUT2D eigenvalue weighted by molar-refractivity contribution is 5.31. The fourth-order valence-corrected chi connectivity index (χ4v) is 1.14. The molecule has 1 aliphatic carbocycles. The van der Waals surface area contributed by atoms with E-state index in [4.69, 9.17) is 0 Å². The highest BCUT2D eigenvalue weighted by Crippen LogP contribution is 2.27. The lowest BCUT2D eigenvalue weighted by molar-refractivity contribution is 0.589. The second-order valence-corrected chi connectivity index (χ2v) is 3.38. The number of rotatable bonds is 1. The fraction of sp³-hybridized carbons (Fsp3) is 0.455. The molecule has 0 amide bonds. The standard InChI is InChI=1S/C11H11FN2/c1-2-9-11(12)10(14-7-13-9)6-5-8-3-4-8/h7-8H,2-4H2,1H3. The Bertz CT molecular complexity index is 399. The van der Waals surface area contributed by atoms with Crippen LogP contribution in [0.1, 0.15) is 31.2 Å². The summed E-state index contributed by atoms with van der Waals surface area (Å²) in [6, 6.07) is 0. The predicted octanol–water partition coefficient (Wildman–Crippen LogP) is 1.94. The van der Waals surface area contributed by atoms with Crippen molar-refractivity contribution >= 4 is 0 Å². The van der Waals surface area contributed by atoms with Crippen molar-refractivity contribution in [1.82, 2.24) is 9.97 Å². The van der Waals surface area contributed by atoms with E-state index in [1.807, 2.05) is 6.92 Å². The van der Waals surface area contributed by atoms with Gasteiger partial charge in [-0.1, -0.05) is 12.8 Å². The van der Waals surface area contributed by atoms with Gasteiger partial charge < -0.3 is 0 Å². The van der Waals surface area contributed by atoms with E-state index < -0.39 is 0 Å². The molecule has 1 heterocycles. The van der Waals surface area contributed by atoms with Crippen LogP contribution >= 0.6 is 0 Å². The van der Waals surface area contributed by atoms with Gasteiger partial charge in [0.25, 0.3) is 0 Å². The van der Waals surface area contributed by atoms with E-state index in [0.29, 0.717) is 18.0 Å². The molecule has 0 unspecified atom stereocenters. The van der Waals surface area contributed by atoms with Crippen LogP contribution in [-0.2, 0) is 6.42 Å². The molecule has 0 radical (unpaired) electrons. The smallest absolute Gasteiger partial charge is 0.178 e. The monoisotopic (exact) mass is 190 g/mol. The zero-order valence-electron chi connectivity index (χ0n) is 8.05. The van der Waals surface area contributed by atoms with Crippen molar-refractivity contribution in [3.63, 3.8) is 0 Å². The Balaban J connectivity index is 2.29. The van der Waals surface area contributed by atoms with Crippen LogP contribution in [0.4, 0.5) is 4.39 Å². The average Bonchev–Trinajstić information content (AvgIpc) is 3.00. The summed E-state index contributed by atoms with van der Waals surface area (Å²) in [6.07, 6.45) is 4.23. The van der Waals surface area contributed by atoms with E-state index in [1.54, 1.807) is 0 Å². The van der Waals surface area contributed by atoms with Gasteiger partial charge in [-0.3, -0.25) is 0 Å². The second kappa shape index (κ2) is 3.75. The van der Waals surface area contributed by atoms with E-state index in [-0.39, 0.29) is 11.5 Å². The number of nitrogens with zero attached hydrogens (tertiary/aromatic N) is 2. The van der Waals surface area contributed by atoms with Gasteiger partial charge in [-0.2, -0.15) is 0 Å². The normalized spacial score (nSPS) is 14.7. The van der Waals surface area contributed by atoms with Crippen LogP contribution < -0.4 is 0 Å². The van der Waals surface area contributed by atoms with Gasteiger partial charge in [-0.05, 0) is 25.2 Å². The molecule has 1 saturated carbocycles. The first-order valence-corrected chi connectivity index (χ1v) is 4.82. The first-order chi connectivity index (χ1) is 6.81. The van der Waals surface area contributed by atoms with Gasteiger partial charge in [-0.15, -0.1) is 0 Å². The molecule has 0 aromatic carbocycles. The lowest BCUT2D eigenvalue weighted by Crippen LogP contribution is -1.99. The SMILES string of the molecule is CCc1ncnc(C#CC2CC2)c1F. The Morgan fingerprint density at radius 2 is 2.29 bits per heavy atom. The molecule has 72 valence electrons. The largest absolute Gasteiger partial charge is 0.238 e. The van der Waals surface area contributed by atoms with E-state index >= 15 is 0 Å². The molecule has 0 aliphatic heterocycles. The molecule has 0 bridgehead atoms. The molecular weight excluding hydrogens is 179 g/mol. The van der Waals surface area contributed by atoms with Gasteiger partial charge >= 0.3 is 0 Å². The van der Waals surface area contributed by atoms with Gasteiger partial charge in [-0.25, -0.2) is 14.4 Å². The molecule has 0 atom stereocenters. The summed E-state index contributed by atoms with van der Waals surface area (Å²) < 4.78 is 13.5. The van der Waals surface area contributed by atoms with Gasteiger partial charge in [0, 0.05) is 5.92 Å². The summed E-state index contributed by atoms with van der Waals surface area (Å²) in [6.45, 7) is 1.86. The van der Waals surface area contributed by atoms with Crippen molar-refractivity contribution in [2.45, 2.75) is 26.2 Å². The molecule has 1 aromatic rings. The lowest BCUT2D eigenvalue weighted by atomic mass is 10.2. The van der Waals surface area contributed by atoms with Crippen LogP contribution in [0.2, 0.25) is 0 Å². The molecule has 3 heteroatoms. The number of hydrogen-bond acceptors (Lipinski definition) is 2. The third kappa shape index (κ3) is 1.90. The Hall–Kier alpha value is -1.43. The van der Waals surface area contributed by atoms with Crippen molar-refractivity contribution in [3.8, 4) is 11.8 Å². The molecule has 0 spiro atoms. The maximum absolute atomic E-state index is 13.5. The van der Waals surface area contributed by atoms with Crippen LogP contribution in [-0.4, -0.2) is 9.97 Å². The summed E-state index contributed by atoms with van der Waals surface area (Å²) in [7, 11) is 0. The molecule has 0 saturated heterocycles. The Labute approximate surface area is 82.6 Å². The number of aromatic nitrogens is 2. The zero-order chi connectivity index (χ0) is 9.97. The molecule has 0 N–H and O–H groups in total. The third-order valence-electron chi connectivity index (χ3n) is 2.17. The van der Waals surface area contributed by atoms with Crippen LogP contribution in [0, 0.1) is 23.6 Å². The van der Waals surface area contributed by atoms with Gasteiger partial charge in [0.2, 0.25) is 0 Å². The van der Waals surface area contributed by atoms with Crippen LogP contribution in [0.3, 0.4) is 0 Å². The van der Waals surface area contributed by atoms with Gasteiger partial charge in [0.1, 0.15) is 6.33 Å². The number of aryl methyl sites for hydroxylation is 1. The minimum Gasteiger partial charge on any atom is -0.238 e. The predicted molar refractivity (Wildman–Crippen MR) is 51.0 cm³/mol. The topological polar surface area (TPSA) is 25.8 Å². The Morgan fingerprint density at radius 3 is 2.93 bits per heavy atom. The number of halogens is 1. The molecule has 14 heavy (non-hydrogen) atoms. The second-order valence-electron chi connectivity index (χ2n) is 3.38. The molecule has 1 fully saturated rings. The van der Waals surface area contributed by atoms with Crippen molar-refractivity contribution in [2.75, 3.05) is 0 Å². The minimum absolute atomic E-state index is 0.240. The van der Waals surface area contributed by atoms with Gasteiger partial charge in [0.05, 0.1) is 5.69 Å². The maximum Gasteiger partial charge on any atom is 0.178 e. The highest BCUT2D eigenvalue weighted by atomic mass is 19.1. The maximum atomic E-state index is 13.5. The van der Waals surface area contributed by atoms with Crippen LogP contribution in [0.15, 0.2) is 6.33 Å². The molecular formula is C11H11FN2. The van der Waals surface area contributed by atoms with Gasteiger partial charge in [0.15, 0.2) is 11.5 Å². The minimum atomic E-state index is -0.358. The zero-order valence-corrected chi connectivity index (χ0v) is 8.05. The molecule has 2 rings (SSSR count). The summed E-state index contributed by atoms with van der Waals surface area (Å²) >= 11 is 0. The van der Waals surface area contributed by atoms with Crippen molar-refractivity contribution < 1.29 is 4.39 Å². The Morgan fingerprint density at radius 1 is 1.50 bits per heavy atom. The summed E-state index contributed by atoms with van der Waals surface area (Å²) in [5.41, 5.74) is 0.684. The quantitative estimate of drug-likeness (QED) is 0.632. The Kier molecular flexibility index (Phi) is 2.45. The average molecular weight is 190 g/mol. The molecule has 1 aromatic heterocycles. The van der Waals surface area contributed by atoms with E-state index in [0.717, 1.165) is 12.8 Å². The molecule has 1 aliphatic rings. The van der Waals surface area contributed by atoms with Crippen LogP contribution in [0.25, 0.3) is 0 Å². The summed E-state index contributed by atoms with van der Waals surface area (Å²) in [5, 5.41) is 0. The van der Waals surface area contributed by atoms with Crippen molar-refractivity contribution in [1.29, 1.82) is 0 Å². The van der Waals surface area contributed by atoms with E-state index in [1.165, 1.54) is 6.33 Å². The van der Waals surface area contributed by atoms with Crippen molar-refractivity contribution in [2.24, 2.45) is 5.92 Å². The molecule has 2 nitrogen and oxygen atoms in total. The first kappa shape index (κ1) is 9.14. The van der Waals surface area contributed by atoms with E-state index in [2.05, 4.69) is 21.8 Å². The van der Waals surface area contributed by atoms with Crippen molar-refractivity contribution in [3.05, 3.63) is 23.5 Å². The fourth-order valence-electron chi connectivity index (χ4n) is 1.14. The third-order valence-corrected chi connectivity index (χ3v) is 2.17. The summed E-state index contributed by atoms with van der Waals surface area (Å²) in [5.74, 6) is 5.87. The van der Waals surface area contributed by atoms with Crippen LogP contribution in [0.5, 0.6) is 0 Å². The highest BCUT2D eigenvalue weighted by Gasteiger charge is 2.18. The first-order valence-electron chi connectivity index (χ1n) is 4.82. The number of hydrogen-bond donors (Lipinski definition) is 0. The lowest BCUT2D eigenvalue weighted by Gasteiger charge is -1.98. The summed E-state index contributed by atoms with van der Waals surface area (Å²) in [4.78, 5) is 7.67.